The average Bonchev–Trinajstić information content (AvgIpc) is 2.63. The van der Waals surface area contributed by atoms with Crippen LogP contribution in [0.25, 0.3) is 6.08 Å². The fourth-order valence-corrected chi connectivity index (χ4v) is 2.83. The summed E-state index contributed by atoms with van der Waals surface area (Å²) in [6.45, 7) is 4.73. The largest absolute Gasteiger partial charge is 0.490 e. The Hall–Kier alpha value is -2.78. The molecule has 0 aliphatic rings. The van der Waals surface area contributed by atoms with Crippen LogP contribution in [0.2, 0.25) is 0 Å². The van der Waals surface area contributed by atoms with E-state index in [2.05, 4.69) is 21.2 Å². The predicted molar refractivity (Wildman–Crippen MR) is 105 cm³/mol. The van der Waals surface area contributed by atoms with Gasteiger partial charge in [0.1, 0.15) is 11.6 Å². The number of rotatable bonds is 7. The molecule has 0 aliphatic heterocycles. The molecular weight excluding hydrogens is 396 g/mol. The van der Waals surface area contributed by atoms with Crippen LogP contribution in [0.5, 0.6) is 11.5 Å². The highest BCUT2D eigenvalue weighted by molar-refractivity contribution is 9.10. The number of carbonyl (C=O) groups excluding carboxylic acids is 1. The van der Waals surface area contributed by atoms with Gasteiger partial charge in [0.2, 0.25) is 0 Å². The fourth-order valence-electron chi connectivity index (χ4n) is 2.25. The number of para-hydroxylation sites is 1. The predicted octanol–water partition coefficient (Wildman–Crippen LogP) is 4.79. The number of nitrogens with one attached hydrogen (secondary N) is 1. The molecule has 0 saturated heterocycles. The molecule has 0 spiro atoms. The van der Waals surface area contributed by atoms with E-state index in [0.717, 1.165) is 0 Å². The number of hydrogen-bond acceptors (Lipinski definition) is 4. The molecule has 0 unspecified atom stereocenters. The first-order valence-corrected chi connectivity index (χ1v) is 8.95. The number of anilines is 1. The standard InChI is InChI=1S/C20H19BrN2O3/c1-3-25-18-12-14(11-17(21)19(18)26-4-2)10-15(13-22)20(24)23-16-8-6-5-7-9-16/h5-12H,3-4H2,1-2H3,(H,23,24)/b15-10-. The van der Waals surface area contributed by atoms with Gasteiger partial charge >= 0.3 is 0 Å². The van der Waals surface area contributed by atoms with Gasteiger partial charge in [0.15, 0.2) is 11.5 Å². The van der Waals surface area contributed by atoms with E-state index in [9.17, 15) is 10.1 Å². The van der Waals surface area contributed by atoms with Crippen LogP contribution >= 0.6 is 15.9 Å². The van der Waals surface area contributed by atoms with Crippen LogP contribution in [0.15, 0.2) is 52.5 Å². The fraction of sp³-hybridized carbons (Fsp3) is 0.200. The first-order valence-electron chi connectivity index (χ1n) is 8.16. The molecule has 0 aliphatic carbocycles. The van der Waals surface area contributed by atoms with E-state index in [1.165, 1.54) is 6.08 Å². The average molecular weight is 415 g/mol. The molecule has 0 radical (unpaired) electrons. The monoisotopic (exact) mass is 414 g/mol. The van der Waals surface area contributed by atoms with Crippen molar-refractivity contribution >= 4 is 33.6 Å². The summed E-state index contributed by atoms with van der Waals surface area (Å²) >= 11 is 3.45. The van der Waals surface area contributed by atoms with Crippen molar-refractivity contribution in [3.05, 3.63) is 58.1 Å². The molecule has 0 saturated carbocycles. The van der Waals surface area contributed by atoms with E-state index in [-0.39, 0.29) is 5.57 Å². The Morgan fingerprint density at radius 1 is 1.19 bits per heavy atom. The van der Waals surface area contributed by atoms with Crippen molar-refractivity contribution in [2.45, 2.75) is 13.8 Å². The molecule has 1 amide bonds. The maximum atomic E-state index is 12.3. The highest BCUT2D eigenvalue weighted by Gasteiger charge is 2.14. The second-order valence-corrected chi connectivity index (χ2v) is 6.04. The Bertz CT molecular complexity index is 842. The molecule has 134 valence electrons. The van der Waals surface area contributed by atoms with Crippen LogP contribution in [0.1, 0.15) is 19.4 Å². The van der Waals surface area contributed by atoms with Crippen molar-refractivity contribution in [3.63, 3.8) is 0 Å². The van der Waals surface area contributed by atoms with E-state index in [0.29, 0.717) is 40.4 Å². The van der Waals surface area contributed by atoms with Gasteiger partial charge in [0.25, 0.3) is 5.91 Å². The highest BCUT2D eigenvalue weighted by Crippen LogP contribution is 2.37. The quantitative estimate of drug-likeness (QED) is 0.521. The van der Waals surface area contributed by atoms with E-state index in [4.69, 9.17) is 9.47 Å². The molecule has 0 bridgehead atoms. The van der Waals surface area contributed by atoms with Crippen molar-refractivity contribution in [3.8, 4) is 17.6 Å². The van der Waals surface area contributed by atoms with Crippen LogP contribution in [-0.2, 0) is 4.79 Å². The number of ether oxygens (including phenoxy) is 2. The molecule has 6 heteroatoms. The topological polar surface area (TPSA) is 71.3 Å². The molecule has 26 heavy (non-hydrogen) atoms. The van der Waals surface area contributed by atoms with E-state index < -0.39 is 5.91 Å². The normalized spacial score (nSPS) is 10.8. The van der Waals surface area contributed by atoms with Crippen LogP contribution in [-0.4, -0.2) is 19.1 Å². The molecule has 1 N–H and O–H groups in total. The Morgan fingerprint density at radius 2 is 1.88 bits per heavy atom. The summed E-state index contributed by atoms with van der Waals surface area (Å²) in [7, 11) is 0. The van der Waals surface area contributed by atoms with Gasteiger partial charge in [-0.2, -0.15) is 5.26 Å². The van der Waals surface area contributed by atoms with Crippen LogP contribution in [0, 0.1) is 11.3 Å². The zero-order valence-corrected chi connectivity index (χ0v) is 16.2. The summed E-state index contributed by atoms with van der Waals surface area (Å²) in [6, 6.07) is 14.4. The Morgan fingerprint density at radius 3 is 2.50 bits per heavy atom. The second kappa shape index (κ2) is 9.64. The Balaban J connectivity index is 2.33. The summed E-state index contributed by atoms with van der Waals surface area (Å²) in [4.78, 5) is 12.3. The molecule has 2 rings (SSSR count). The zero-order valence-electron chi connectivity index (χ0n) is 14.6. The van der Waals surface area contributed by atoms with Crippen molar-refractivity contribution < 1.29 is 14.3 Å². The smallest absolute Gasteiger partial charge is 0.266 e. The lowest BCUT2D eigenvalue weighted by atomic mass is 10.1. The molecule has 5 nitrogen and oxygen atoms in total. The number of amides is 1. The first kappa shape index (κ1) is 19.5. The molecule has 0 aromatic heterocycles. The number of benzene rings is 2. The number of carbonyl (C=O) groups is 1. The molecular formula is C20H19BrN2O3. The summed E-state index contributed by atoms with van der Waals surface area (Å²) in [5, 5.41) is 12.1. The number of hydrogen-bond donors (Lipinski definition) is 1. The van der Waals surface area contributed by atoms with Gasteiger partial charge in [-0.3, -0.25) is 4.79 Å². The van der Waals surface area contributed by atoms with Crippen molar-refractivity contribution in [1.29, 1.82) is 5.26 Å². The third-order valence-electron chi connectivity index (χ3n) is 3.33. The minimum Gasteiger partial charge on any atom is -0.490 e. The van der Waals surface area contributed by atoms with E-state index in [1.807, 2.05) is 38.1 Å². The maximum Gasteiger partial charge on any atom is 0.266 e. The van der Waals surface area contributed by atoms with Crippen LogP contribution in [0.3, 0.4) is 0 Å². The summed E-state index contributed by atoms with van der Waals surface area (Å²) in [5.74, 6) is 0.677. The van der Waals surface area contributed by atoms with Gasteiger partial charge in [0, 0.05) is 5.69 Å². The van der Waals surface area contributed by atoms with E-state index >= 15 is 0 Å². The van der Waals surface area contributed by atoms with Crippen LogP contribution < -0.4 is 14.8 Å². The number of nitrogens with zero attached hydrogens (tertiary/aromatic N) is 1. The van der Waals surface area contributed by atoms with Crippen molar-refractivity contribution in [2.24, 2.45) is 0 Å². The summed E-state index contributed by atoms with van der Waals surface area (Å²) in [5.41, 5.74) is 1.28. The highest BCUT2D eigenvalue weighted by atomic mass is 79.9. The Labute approximate surface area is 161 Å². The van der Waals surface area contributed by atoms with Gasteiger partial charge in [-0.15, -0.1) is 0 Å². The lowest BCUT2D eigenvalue weighted by molar-refractivity contribution is -0.112. The lowest BCUT2D eigenvalue weighted by Gasteiger charge is -2.13. The van der Waals surface area contributed by atoms with Gasteiger partial charge in [-0.1, -0.05) is 18.2 Å². The Kier molecular flexibility index (Phi) is 7.24. The third-order valence-corrected chi connectivity index (χ3v) is 3.92. The van der Waals surface area contributed by atoms with Crippen molar-refractivity contribution in [1.82, 2.24) is 0 Å². The summed E-state index contributed by atoms with van der Waals surface area (Å²) in [6.07, 6.45) is 1.52. The molecule has 2 aromatic carbocycles. The molecule has 0 heterocycles. The lowest BCUT2D eigenvalue weighted by Crippen LogP contribution is -2.13. The minimum absolute atomic E-state index is 0.00707. The third kappa shape index (κ3) is 5.11. The van der Waals surface area contributed by atoms with Gasteiger partial charge in [-0.05, 0) is 65.7 Å². The van der Waals surface area contributed by atoms with Gasteiger partial charge in [0.05, 0.1) is 17.7 Å². The SMILES string of the molecule is CCOc1cc(/C=C(/C#N)C(=O)Nc2ccccc2)cc(Br)c1OCC. The second-order valence-electron chi connectivity index (χ2n) is 5.19. The number of nitriles is 1. The van der Waals surface area contributed by atoms with Gasteiger partial charge in [-0.25, -0.2) is 0 Å². The zero-order chi connectivity index (χ0) is 18.9. The summed E-state index contributed by atoms with van der Waals surface area (Å²) < 4.78 is 11.9. The van der Waals surface area contributed by atoms with Crippen molar-refractivity contribution in [2.75, 3.05) is 18.5 Å². The molecule has 0 fully saturated rings. The number of halogens is 1. The van der Waals surface area contributed by atoms with E-state index in [1.54, 1.807) is 24.3 Å². The van der Waals surface area contributed by atoms with Gasteiger partial charge < -0.3 is 14.8 Å². The van der Waals surface area contributed by atoms with Crippen LogP contribution in [0.4, 0.5) is 5.69 Å². The maximum absolute atomic E-state index is 12.3. The molecule has 0 atom stereocenters. The first-order chi connectivity index (χ1) is 12.6. The molecule has 2 aromatic rings. The minimum atomic E-state index is -0.471.